The first-order valence-electron chi connectivity index (χ1n) is 7.90. The van der Waals surface area contributed by atoms with Crippen LogP contribution in [0, 0.1) is 5.92 Å². The van der Waals surface area contributed by atoms with E-state index in [4.69, 9.17) is 4.74 Å². The molecule has 0 aliphatic carbocycles. The van der Waals surface area contributed by atoms with Crippen LogP contribution in [-0.4, -0.2) is 24.5 Å². The lowest BCUT2D eigenvalue weighted by Crippen LogP contribution is -2.36. The van der Waals surface area contributed by atoms with E-state index >= 15 is 0 Å². The summed E-state index contributed by atoms with van der Waals surface area (Å²) in [4.78, 5) is 23.7. The fourth-order valence-corrected chi connectivity index (χ4v) is 2.59. The summed E-state index contributed by atoms with van der Waals surface area (Å²) in [5, 5.41) is 2.72. The van der Waals surface area contributed by atoms with Crippen molar-refractivity contribution in [1.82, 2.24) is 5.32 Å². The van der Waals surface area contributed by atoms with Gasteiger partial charge < -0.3 is 10.1 Å². The van der Waals surface area contributed by atoms with Gasteiger partial charge in [0.05, 0.1) is 0 Å². The van der Waals surface area contributed by atoms with Crippen LogP contribution in [0.4, 0.5) is 0 Å². The second-order valence-corrected chi connectivity index (χ2v) is 5.54. The fraction of sp³-hybridized carbons (Fsp3) is 0.647. The van der Waals surface area contributed by atoms with Crippen molar-refractivity contribution in [2.45, 2.75) is 58.0 Å². The molecule has 2 atom stereocenters. The molecule has 1 heterocycles. The lowest BCUT2D eigenvalue weighted by Gasteiger charge is -2.17. The summed E-state index contributed by atoms with van der Waals surface area (Å²) in [5.41, 5.74) is 0.271. The predicted octanol–water partition coefficient (Wildman–Crippen LogP) is 3.14. The van der Waals surface area contributed by atoms with E-state index in [0.29, 0.717) is 6.54 Å². The van der Waals surface area contributed by atoms with Crippen molar-refractivity contribution in [2.24, 2.45) is 5.92 Å². The van der Waals surface area contributed by atoms with Crippen LogP contribution in [0.1, 0.15) is 51.9 Å². The highest BCUT2D eigenvalue weighted by Crippen LogP contribution is 2.30. The molecule has 1 amide bonds. The number of esters is 1. The molecule has 1 aliphatic heterocycles. The first kappa shape index (κ1) is 17.5. The third-order valence-corrected chi connectivity index (χ3v) is 3.81. The third-order valence-electron chi connectivity index (χ3n) is 3.81. The van der Waals surface area contributed by atoms with Crippen molar-refractivity contribution in [3.8, 4) is 0 Å². The molecule has 4 nitrogen and oxygen atoms in total. The van der Waals surface area contributed by atoms with Crippen molar-refractivity contribution < 1.29 is 14.3 Å². The number of ether oxygens (including phenoxy) is 1. The molecule has 1 rings (SSSR count). The molecule has 118 valence electrons. The molecular formula is C17H27NO3. The van der Waals surface area contributed by atoms with Gasteiger partial charge in [0, 0.05) is 12.1 Å². The summed E-state index contributed by atoms with van der Waals surface area (Å²) < 4.78 is 5.29. The average Bonchev–Trinajstić information content (AvgIpc) is 2.75. The maximum atomic E-state index is 12.1. The number of rotatable bonds is 10. The third kappa shape index (κ3) is 5.37. The largest absolute Gasteiger partial charge is 0.458 e. The quantitative estimate of drug-likeness (QED) is 0.291. The molecule has 0 aromatic heterocycles. The van der Waals surface area contributed by atoms with E-state index in [1.54, 1.807) is 6.08 Å². The summed E-state index contributed by atoms with van der Waals surface area (Å²) in [6, 6.07) is 0. The van der Waals surface area contributed by atoms with Gasteiger partial charge in [-0.15, -0.1) is 6.58 Å². The second kappa shape index (κ2) is 9.37. The minimum atomic E-state index is -0.548. The van der Waals surface area contributed by atoms with Crippen molar-refractivity contribution in [3.63, 3.8) is 0 Å². The number of hydrogen-bond donors (Lipinski definition) is 1. The van der Waals surface area contributed by atoms with E-state index < -0.39 is 11.9 Å². The van der Waals surface area contributed by atoms with Crippen LogP contribution in [0.2, 0.25) is 0 Å². The van der Waals surface area contributed by atoms with E-state index in [9.17, 15) is 9.59 Å². The smallest absolute Gasteiger partial charge is 0.334 e. The zero-order chi connectivity index (χ0) is 15.7. The molecule has 1 aliphatic rings. The van der Waals surface area contributed by atoms with Crippen LogP contribution in [0.15, 0.2) is 24.8 Å². The molecule has 0 bridgehead atoms. The first-order valence-corrected chi connectivity index (χ1v) is 7.90. The van der Waals surface area contributed by atoms with Gasteiger partial charge in [-0.2, -0.15) is 0 Å². The Morgan fingerprint density at radius 2 is 1.95 bits per heavy atom. The highest BCUT2D eigenvalue weighted by Gasteiger charge is 2.42. The van der Waals surface area contributed by atoms with Gasteiger partial charge in [0.25, 0.3) is 0 Å². The number of amides is 1. The highest BCUT2D eigenvalue weighted by atomic mass is 16.6. The maximum Gasteiger partial charge on any atom is 0.334 e. The van der Waals surface area contributed by atoms with Crippen LogP contribution in [0.5, 0.6) is 0 Å². The SMILES string of the molecule is C=CCNC(=O)[C@@H]1C(=C)C(=O)O[C@H]1CCCCCCCC. The van der Waals surface area contributed by atoms with E-state index in [2.05, 4.69) is 25.4 Å². The highest BCUT2D eigenvalue weighted by molar-refractivity contribution is 5.99. The van der Waals surface area contributed by atoms with E-state index in [0.717, 1.165) is 19.3 Å². The minimum Gasteiger partial charge on any atom is -0.458 e. The molecule has 1 saturated heterocycles. The second-order valence-electron chi connectivity index (χ2n) is 5.54. The normalized spacial score (nSPS) is 21.2. The average molecular weight is 293 g/mol. The Labute approximate surface area is 127 Å². The van der Waals surface area contributed by atoms with E-state index in [1.165, 1.54) is 25.7 Å². The lowest BCUT2D eigenvalue weighted by atomic mass is 9.92. The lowest BCUT2D eigenvalue weighted by molar-refractivity contribution is -0.140. The van der Waals surface area contributed by atoms with E-state index in [-0.39, 0.29) is 17.6 Å². The first-order chi connectivity index (χ1) is 10.1. The zero-order valence-electron chi connectivity index (χ0n) is 13.0. The maximum absolute atomic E-state index is 12.1. The molecule has 0 aromatic carbocycles. The van der Waals surface area contributed by atoms with Gasteiger partial charge in [0.15, 0.2) is 0 Å². The number of carbonyl (C=O) groups is 2. The summed E-state index contributed by atoms with van der Waals surface area (Å²) >= 11 is 0. The van der Waals surface area contributed by atoms with Gasteiger partial charge in [-0.05, 0) is 12.8 Å². The number of hydrogen-bond acceptors (Lipinski definition) is 3. The Kier molecular flexibility index (Phi) is 7.80. The number of carbonyl (C=O) groups excluding carboxylic acids is 2. The van der Waals surface area contributed by atoms with Crippen LogP contribution < -0.4 is 5.32 Å². The van der Waals surface area contributed by atoms with Crippen LogP contribution >= 0.6 is 0 Å². The number of unbranched alkanes of at least 4 members (excludes halogenated alkanes) is 5. The van der Waals surface area contributed by atoms with Gasteiger partial charge in [-0.25, -0.2) is 4.79 Å². The van der Waals surface area contributed by atoms with Gasteiger partial charge in [-0.1, -0.05) is 51.7 Å². The fourth-order valence-electron chi connectivity index (χ4n) is 2.59. The van der Waals surface area contributed by atoms with Gasteiger partial charge >= 0.3 is 5.97 Å². The monoisotopic (exact) mass is 293 g/mol. The Morgan fingerprint density at radius 1 is 1.29 bits per heavy atom. The zero-order valence-corrected chi connectivity index (χ0v) is 13.0. The van der Waals surface area contributed by atoms with Gasteiger partial charge in [-0.3, -0.25) is 4.79 Å². The molecule has 0 unspecified atom stereocenters. The van der Waals surface area contributed by atoms with Crippen LogP contribution in [0.25, 0.3) is 0 Å². The Balaban J connectivity index is 2.42. The predicted molar refractivity (Wildman–Crippen MR) is 83.7 cm³/mol. The molecular weight excluding hydrogens is 266 g/mol. The number of cyclic esters (lactones) is 1. The summed E-state index contributed by atoms with van der Waals surface area (Å²) in [6.07, 6.45) is 9.00. The summed E-state index contributed by atoms with van der Waals surface area (Å²) in [5.74, 6) is -1.18. The van der Waals surface area contributed by atoms with Crippen LogP contribution in [0.3, 0.4) is 0 Å². The molecule has 0 saturated carbocycles. The molecule has 0 aromatic rings. The molecule has 0 radical (unpaired) electrons. The summed E-state index contributed by atoms with van der Waals surface area (Å²) in [6.45, 7) is 9.85. The number of nitrogens with one attached hydrogen (secondary N) is 1. The Hall–Kier alpha value is -1.58. The molecule has 1 N–H and O–H groups in total. The Bertz CT molecular complexity index is 389. The Morgan fingerprint density at radius 3 is 2.62 bits per heavy atom. The van der Waals surface area contributed by atoms with E-state index in [1.807, 2.05) is 0 Å². The topological polar surface area (TPSA) is 55.4 Å². The van der Waals surface area contributed by atoms with Gasteiger partial charge in [0.1, 0.15) is 12.0 Å². The van der Waals surface area contributed by atoms with Crippen molar-refractivity contribution in [3.05, 3.63) is 24.8 Å². The molecule has 0 spiro atoms. The minimum absolute atomic E-state index is 0.193. The van der Waals surface area contributed by atoms with Gasteiger partial charge in [0.2, 0.25) is 5.91 Å². The summed E-state index contributed by atoms with van der Waals surface area (Å²) in [7, 11) is 0. The molecule has 21 heavy (non-hydrogen) atoms. The standard InChI is InChI=1S/C17H27NO3/c1-4-6-7-8-9-10-11-14-15(13(3)17(20)21-14)16(19)18-12-5-2/h5,14-15H,2-4,6-12H2,1H3,(H,18,19)/t14-,15+/m0/s1. The van der Waals surface area contributed by atoms with Crippen LogP contribution in [-0.2, 0) is 14.3 Å². The van der Waals surface area contributed by atoms with Crippen molar-refractivity contribution >= 4 is 11.9 Å². The molecule has 4 heteroatoms. The van der Waals surface area contributed by atoms with Crippen molar-refractivity contribution in [1.29, 1.82) is 0 Å². The van der Waals surface area contributed by atoms with Crippen molar-refractivity contribution in [2.75, 3.05) is 6.54 Å². The molecule has 1 fully saturated rings.